The molecule has 150 valence electrons. The van der Waals surface area contributed by atoms with Gasteiger partial charge in [-0.25, -0.2) is 4.68 Å². The van der Waals surface area contributed by atoms with E-state index in [9.17, 15) is 9.59 Å². The van der Waals surface area contributed by atoms with Crippen LogP contribution in [0.15, 0.2) is 51.9 Å². The normalized spacial score (nSPS) is 15.0. The van der Waals surface area contributed by atoms with Gasteiger partial charge in [0, 0.05) is 6.07 Å². The third kappa shape index (κ3) is 3.73. The Morgan fingerprint density at radius 1 is 1.24 bits per heavy atom. The van der Waals surface area contributed by atoms with Crippen molar-refractivity contribution in [3.05, 3.63) is 64.1 Å². The van der Waals surface area contributed by atoms with Crippen LogP contribution in [0.5, 0.6) is 11.5 Å². The third-order valence-electron chi connectivity index (χ3n) is 4.99. The van der Waals surface area contributed by atoms with E-state index in [1.54, 1.807) is 32.4 Å². The second kappa shape index (κ2) is 7.83. The number of nitrogens with zero attached hydrogens (tertiary/aromatic N) is 2. The van der Waals surface area contributed by atoms with E-state index in [0.717, 1.165) is 28.7 Å². The maximum atomic E-state index is 12.6. The van der Waals surface area contributed by atoms with Crippen LogP contribution < -0.4 is 20.3 Å². The van der Waals surface area contributed by atoms with E-state index < -0.39 is 0 Å². The standard InChI is InChI=1S/C21H21N3O5/c1-27-18-10-13-5-6-15(14(13)11-19(18)28-2)22-20(25)12-24-21(26)8-7-16(23-24)17-4-3-9-29-17/h3-4,7-11,15H,5-6,12H2,1-2H3,(H,22,25)/t15-/m1/s1. The highest BCUT2D eigenvalue weighted by Crippen LogP contribution is 2.39. The van der Waals surface area contributed by atoms with Crippen LogP contribution in [-0.2, 0) is 17.8 Å². The zero-order valence-electron chi connectivity index (χ0n) is 16.2. The Labute approximate surface area is 167 Å². The van der Waals surface area contributed by atoms with Crippen LogP contribution in [0.2, 0.25) is 0 Å². The molecule has 0 radical (unpaired) electrons. The van der Waals surface area contributed by atoms with Crippen molar-refractivity contribution >= 4 is 5.91 Å². The number of hydrogen-bond donors (Lipinski definition) is 1. The Kier molecular flexibility index (Phi) is 5.07. The Morgan fingerprint density at radius 3 is 2.76 bits per heavy atom. The number of carbonyl (C=O) groups is 1. The van der Waals surface area contributed by atoms with Gasteiger partial charge in [0.1, 0.15) is 12.2 Å². The van der Waals surface area contributed by atoms with E-state index in [1.165, 1.54) is 12.3 Å². The molecule has 8 heteroatoms. The highest BCUT2D eigenvalue weighted by Gasteiger charge is 2.26. The first kappa shape index (κ1) is 18.8. The average Bonchev–Trinajstić information content (AvgIpc) is 3.39. The lowest BCUT2D eigenvalue weighted by molar-refractivity contribution is -0.122. The summed E-state index contributed by atoms with van der Waals surface area (Å²) in [5.41, 5.74) is 2.25. The fraction of sp³-hybridized carbons (Fsp3) is 0.286. The van der Waals surface area contributed by atoms with Gasteiger partial charge in [0.15, 0.2) is 17.3 Å². The highest BCUT2D eigenvalue weighted by atomic mass is 16.5. The summed E-state index contributed by atoms with van der Waals surface area (Å²) in [6.07, 6.45) is 3.12. The van der Waals surface area contributed by atoms with Crippen LogP contribution in [0.1, 0.15) is 23.6 Å². The second-order valence-corrected chi connectivity index (χ2v) is 6.76. The largest absolute Gasteiger partial charge is 0.493 e. The van der Waals surface area contributed by atoms with E-state index in [1.807, 2.05) is 12.1 Å². The van der Waals surface area contributed by atoms with E-state index in [-0.39, 0.29) is 24.1 Å². The average molecular weight is 395 g/mol. The van der Waals surface area contributed by atoms with Gasteiger partial charge in [-0.05, 0) is 54.3 Å². The molecule has 1 aromatic carbocycles. The molecule has 0 aliphatic heterocycles. The number of aryl methyl sites for hydroxylation is 1. The molecule has 1 N–H and O–H groups in total. The first-order chi connectivity index (χ1) is 14.1. The van der Waals surface area contributed by atoms with Gasteiger partial charge in [-0.2, -0.15) is 5.10 Å². The molecule has 0 unspecified atom stereocenters. The summed E-state index contributed by atoms with van der Waals surface area (Å²) in [5, 5.41) is 7.23. The summed E-state index contributed by atoms with van der Waals surface area (Å²) in [4.78, 5) is 24.7. The van der Waals surface area contributed by atoms with Crippen LogP contribution in [-0.4, -0.2) is 29.9 Å². The molecule has 1 aliphatic carbocycles. The summed E-state index contributed by atoms with van der Waals surface area (Å²) < 4.78 is 17.2. The summed E-state index contributed by atoms with van der Waals surface area (Å²) in [6, 6.07) is 10.1. The quantitative estimate of drug-likeness (QED) is 0.688. The van der Waals surface area contributed by atoms with Crippen molar-refractivity contribution in [2.45, 2.75) is 25.4 Å². The minimum absolute atomic E-state index is 0.152. The maximum absolute atomic E-state index is 12.6. The monoisotopic (exact) mass is 395 g/mol. The number of hydrogen-bond acceptors (Lipinski definition) is 6. The van der Waals surface area contributed by atoms with Gasteiger partial charge >= 0.3 is 0 Å². The van der Waals surface area contributed by atoms with Crippen molar-refractivity contribution in [2.75, 3.05) is 14.2 Å². The number of carbonyl (C=O) groups excluding carboxylic acids is 1. The Balaban J connectivity index is 1.51. The molecule has 1 atom stereocenters. The predicted octanol–water partition coefficient (Wildman–Crippen LogP) is 2.32. The molecule has 0 saturated heterocycles. The predicted molar refractivity (Wildman–Crippen MR) is 105 cm³/mol. The SMILES string of the molecule is COc1cc2c(cc1OC)[C@H](NC(=O)Cn1nc(-c3ccco3)ccc1=O)CC2. The minimum atomic E-state index is -0.353. The minimum Gasteiger partial charge on any atom is -0.493 e. The number of rotatable bonds is 6. The molecule has 2 heterocycles. The van der Waals surface area contributed by atoms with Gasteiger partial charge in [-0.1, -0.05) is 0 Å². The first-order valence-electron chi connectivity index (χ1n) is 9.25. The van der Waals surface area contributed by atoms with E-state index in [0.29, 0.717) is 23.0 Å². The fourth-order valence-electron chi connectivity index (χ4n) is 3.58. The number of aromatic nitrogens is 2. The zero-order chi connectivity index (χ0) is 20.4. The molecular weight excluding hydrogens is 374 g/mol. The molecule has 0 saturated carbocycles. The molecule has 8 nitrogen and oxygen atoms in total. The van der Waals surface area contributed by atoms with Crippen LogP contribution in [0.3, 0.4) is 0 Å². The Bertz CT molecular complexity index is 1090. The molecule has 29 heavy (non-hydrogen) atoms. The van der Waals surface area contributed by atoms with Crippen LogP contribution >= 0.6 is 0 Å². The van der Waals surface area contributed by atoms with Crippen LogP contribution in [0.4, 0.5) is 0 Å². The Hall–Kier alpha value is -3.55. The lowest BCUT2D eigenvalue weighted by Crippen LogP contribution is -2.35. The number of benzene rings is 1. The fourth-order valence-corrected chi connectivity index (χ4v) is 3.58. The van der Waals surface area contributed by atoms with Gasteiger partial charge in [0.05, 0.1) is 26.5 Å². The van der Waals surface area contributed by atoms with E-state index >= 15 is 0 Å². The number of methoxy groups -OCH3 is 2. The van der Waals surface area contributed by atoms with Gasteiger partial charge in [0.25, 0.3) is 5.56 Å². The van der Waals surface area contributed by atoms with Crippen molar-refractivity contribution in [3.8, 4) is 23.0 Å². The topological polar surface area (TPSA) is 95.6 Å². The van der Waals surface area contributed by atoms with Gasteiger partial charge in [-0.3, -0.25) is 9.59 Å². The summed E-state index contributed by atoms with van der Waals surface area (Å²) >= 11 is 0. The second-order valence-electron chi connectivity index (χ2n) is 6.76. The summed E-state index contributed by atoms with van der Waals surface area (Å²) in [5.74, 6) is 1.54. The zero-order valence-corrected chi connectivity index (χ0v) is 16.2. The molecule has 0 spiro atoms. The third-order valence-corrected chi connectivity index (χ3v) is 4.99. The van der Waals surface area contributed by atoms with Crippen molar-refractivity contribution in [1.29, 1.82) is 0 Å². The number of furan rings is 1. The maximum Gasteiger partial charge on any atom is 0.267 e. The van der Waals surface area contributed by atoms with E-state index in [2.05, 4.69) is 10.4 Å². The molecule has 4 rings (SSSR count). The Morgan fingerprint density at radius 2 is 2.03 bits per heavy atom. The number of ether oxygens (including phenoxy) is 2. The van der Waals surface area contributed by atoms with Crippen LogP contribution in [0, 0.1) is 0 Å². The first-order valence-corrected chi connectivity index (χ1v) is 9.25. The number of nitrogens with one attached hydrogen (secondary N) is 1. The molecular formula is C21H21N3O5. The summed E-state index contributed by atoms with van der Waals surface area (Å²) in [7, 11) is 3.18. The summed E-state index contributed by atoms with van der Waals surface area (Å²) in [6.45, 7) is -0.174. The van der Waals surface area contributed by atoms with Crippen molar-refractivity contribution in [3.63, 3.8) is 0 Å². The molecule has 1 aliphatic rings. The van der Waals surface area contributed by atoms with Crippen LogP contribution in [0.25, 0.3) is 11.5 Å². The van der Waals surface area contributed by atoms with Crippen molar-refractivity contribution < 1.29 is 18.7 Å². The number of fused-ring (bicyclic) bond motifs is 1. The molecule has 0 bridgehead atoms. The lowest BCUT2D eigenvalue weighted by Gasteiger charge is -2.16. The molecule has 2 aromatic heterocycles. The molecule has 0 fully saturated rings. The van der Waals surface area contributed by atoms with E-state index in [4.69, 9.17) is 13.9 Å². The lowest BCUT2D eigenvalue weighted by atomic mass is 10.1. The van der Waals surface area contributed by atoms with Gasteiger partial charge in [0.2, 0.25) is 5.91 Å². The smallest absolute Gasteiger partial charge is 0.267 e. The van der Waals surface area contributed by atoms with Crippen molar-refractivity contribution in [1.82, 2.24) is 15.1 Å². The molecule has 1 amide bonds. The van der Waals surface area contributed by atoms with Crippen molar-refractivity contribution in [2.24, 2.45) is 0 Å². The van der Waals surface area contributed by atoms with Gasteiger partial charge in [-0.15, -0.1) is 0 Å². The van der Waals surface area contributed by atoms with Gasteiger partial charge < -0.3 is 19.2 Å². The molecule has 3 aromatic rings. The number of amides is 1. The highest BCUT2D eigenvalue weighted by molar-refractivity contribution is 5.76.